The minimum absolute atomic E-state index is 0.0717. The highest BCUT2D eigenvalue weighted by Crippen LogP contribution is 2.15. The summed E-state index contributed by atoms with van der Waals surface area (Å²) in [5.41, 5.74) is 5.33. The van der Waals surface area contributed by atoms with Gasteiger partial charge >= 0.3 is 0 Å². The van der Waals surface area contributed by atoms with E-state index in [1.807, 2.05) is 0 Å². The highest BCUT2D eigenvalue weighted by Gasteiger charge is 2.19. The number of amides is 1. The summed E-state index contributed by atoms with van der Waals surface area (Å²) in [5, 5.41) is 2.94. The maximum absolute atomic E-state index is 11.9. The molecule has 0 radical (unpaired) electrons. The van der Waals surface area contributed by atoms with Crippen LogP contribution >= 0.6 is 11.6 Å². The molecule has 1 aromatic carbocycles. The van der Waals surface area contributed by atoms with Crippen LogP contribution < -0.4 is 11.1 Å². The molecule has 5 nitrogen and oxygen atoms in total. The van der Waals surface area contributed by atoms with Crippen molar-refractivity contribution in [3.63, 3.8) is 0 Å². The van der Waals surface area contributed by atoms with Crippen LogP contribution in [0.3, 0.4) is 0 Å². The number of carbonyl (C=O) groups is 1. The highest BCUT2D eigenvalue weighted by atomic mass is 35.5. The van der Waals surface area contributed by atoms with Crippen LogP contribution in [0, 0.1) is 0 Å². The van der Waals surface area contributed by atoms with E-state index >= 15 is 0 Å². The number of rotatable bonds is 5. The van der Waals surface area contributed by atoms with Crippen molar-refractivity contribution in [2.75, 3.05) is 12.3 Å². The molecule has 0 spiro atoms. The second-order valence-corrected chi connectivity index (χ2v) is 6.34. The van der Waals surface area contributed by atoms with Crippen LogP contribution in [0.15, 0.2) is 29.2 Å². The fourth-order valence-electron chi connectivity index (χ4n) is 1.27. The molecule has 0 fully saturated rings. The topological polar surface area (TPSA) is 89.3 Å². The second kappa shape index (κ2) is 6.17. The standard InChI is InChI=1S/C11H15ClN2O3S/c1-8(6-13)14-11(15)7-18(16,17)10-4-2-9(12)3-5-10/h2-5,8H,6-7,13H2,1H3,(H,14,15)/t8-/m0/s1. The van der Waals surface area contributed by atoms with Gasteiger partial charge in [0.15, 0.2) is 9.84 Å². The van der Waals surface area contributed by atoms with Gasteiger partial charge < -0.3 is 11.1 Å². The molecule has 1 atom stereocenters. The van der Waals surface area contributed by atoms with E-state index in [0.29, 0.717) is 5.02 Å². The van der Waals surface area contributed by atoms with Crippen molar-refractivity contribution in [1.82, 2.24) is 5.32 Å². The number of benzene rings is 1. The van der Waals surface area contributed by atoms with Gasteiger partial charge in [-0.3, -0.25) is 4.79 Å². The largest absolute Gasteiger partial charge is 0.351 e. The monoisotopic (exact) mass is 290 g/mol. The first-order valence-electron chi connectivity index (χ1n) is 5.33. The fraction of sp³-hybridized carbons (Fsp3) is 0.364. The lowest BCUT2D eigenvalue weighted by atomic mass is 10.3. The molecule has 0 saturated heterocycles. The predicted octanol–water partition coefficient (Wildman–Crippen LogP) is 0.577. The molecule has 1 rings (SSSR count). The summed E-state index contributed by atoms with van der Waals surface area (Å²) < 4.78 is 23.8. The molecule has 100 valence electrons. The number of hydrogen-bond acceptors (Lipinski definition) is 4. The normalized spacial score (nSPS) is 13.1. The molecule has 1 aromatic rings. The van der Waals surface area contributed by atoms with Gasteiger partial charge in [-0.2, -0.15) is 0 Å². The van der Waals surface area contributed by atoms with Gasteiger partial charge in [0.05, 0.1) is 4.90 Å². The first-order chi connectivity index (χ1) is 8.35. The second-order valence-electron chi connectivity index (χ2n) is 3.92. The Kier molecular flexibility index (Phi) is 5.13. The summed E-state index contributed by atoms with van der Waals surface area (Å²) in [6, 6.07) is 5.43. The average molecular weight is 291 g/mol. The maximum atomic E-state index is 11.9. The van der Waals surface area contributed by atoms with Crippen molar-refractivity contribution in [2.45, 2.75) is 17.9 Å². The Balaban J connectivity index is 2.76. The molecule has 7 heteroatoms. The maximum Gasteiger partial charge on any atom is 0.235 e. The number of nitrogens with one attached hydrogen (secondary N) is 1. The Morgan fingerprint density at radius 1 is 1.39 bits per heavy atom. The van der Waals surface area contributed by atoms with Gasteiger partial charge in [0.1, 0.15) is 5.75 Å². The SMILES string of the molecule is C[C@@H](CN)NC(=O)CS(=O)(=O)c1ccc(Cl)cc1. The lowest BCUT2D eigenvalue weighted by Gasteiger charge is -2.11. The van der Waals surface area contributed by atoms with Gasteiger partial charge in [-0.15, -0.1) is 0 Å². The Morgan fingerprint density at radius 2 is 1.94 bits per heavy atom. The third-order valence-electron chi connectivity index (χ3n) is 2.25. The lowest BCUT2D eigenvalue weighted by molar-refractivity contribution is -0.119. The summed E-state index contributed by atoms with van der Waals surface area (Å²) in [7, 11) is -3.64. The molecule has 0 aliphatic heterocycles. The van der Waals surface area contributed by atoms with Crippen molar-refractivity contribution in [3.8, 4) is 0 Å². The van der Waals surface area contributed by atoms with Crippen LogP contribution in [0.4, 0.5) is 0 Å². The summed E-state index contributed by atoms with van der Waals surface area (Å²) in [5.74, 6) is -1.17. The highest BCUT2D eigenvalue weighted by molar-refractivity contribution is 7.92. The zero-order chi connectivity index (χ0) is 13.8. The summed E-state index contributed by atoms with van der Waals surface area (Å²) in [6.45, 7) is 1.96. The molecule has 0 aromatic heterocycles. The Labute approximate surface area is 111 Å². The van der Waals surface area contributed by atoms with Crippen LogP contribution in [0.1, 0.15) is 6.92 Å². The molecule has 0 unspecified atom stereocenters. The van der Waals surface area contributed by atoms with Crippen LogP contribution in [-0.2, 0) is 14.6 Å². The van der Waals surface area contributed by atoms with Crippen LogP contribution in [0.25, 0.3) is 0 Å². The number of hydrogen-bond donors (Lipinski definition) is 2. The number of nitrogens with two attached hydrogens (primary N) is 1. The molecular weight excluding hydrogens is 276 g/mol. The van der Waals surface area contributed by atoms with E-state index in [9.17, 15) is 13.2 Å². The Hall–Kier alpha value is -1.11. The molecule has 0 saturated carbocycles. The van der Waals surface area contributed by atoms with Crippen molar-refractivity contribution in [1.29, 1.82) is 0 Å². The number of halogens is 1. The van der Waals surface area contributed by atoms with Gasteiger partial charge in [-0.25, -0.2) is 8.42 Å². The minimum Gasteiger partial charge on any atom is -0.351 e. The number of sulfone groups is 1. The van der Waals surface area contributed by atoms with Crippen molar-refractivity contribution < 1.29 is 13.2 Å². The molecule has 0 bridgehead atoms. The zero-order valence-electron chi connectivity index (χ0n) is 9.89. The third-order valence-corrected chi connectivity index (χ3v) is 4.14. The average Bonchev–Trinajstić information content (AvgIpc) is 2.28. The summed E-state index contributed by atoms with van der Waals surface area (Å²) >= 11 is 5.67. The zero-order valence-corrected chi connectivity index (χ0v) is 11.5. The van der Waals surface area contributed by atoms with Crippen LogP contribution in [0.5, 0.6) is 0 Å². The van der Waals surface area contributed by atoms with E-state index in [1.165, 1.54) is 24.3 Å². The van der Waals surface area contributed by atoms with Gasteiger partial charge in [-0.05, 0) is 31.2 Å². The van der Waals surface area contributed by atoms with Crippen LogP contribution in [0.2, 0.25) is 5.02 Å². The predicted molar refractivity (Wildman–Crippen MR) is 70.2 cm³/mol. The van der Waals surface area contributed by atoms with E-state index < -0.39 is 21.5 Å². The molecule has 0 heterocycles. The van der Waals surface area contributed by atoms with E-state index in [4.69, 9.17) is 17.3 Å². The minimum atomic E-state index is -3.64. The summed E-state index contributed by atoms with van der Waals surface area (Å²) in [4.78, 5) is 11.6. The first kappa shape index (κ1) is 14.9. The summed E-state index contributed by atoms with van der Waals surface area (Å²) in [6.07, 6.45) is 0. The van der Waals surface area contributed by atoms with E-state index in [1.54, 1.807) is 6.92 Å². The molecule has 1 amide bonds. The molecule has 18 heavy (non-hydrogen) atoms. The lowest BCUT2D eigenvalue weighted by Crippen LogP contribution is -2.40. The van der Waals surface area contributed by atoms with Gasteiger partial charge in [0.25, 0.3) is 0 Å². The molecule has 0 aliphatic carbocycles. The van der Waals surface area contributed by atoms with Crippen molar-refractivity contribution >= 4 is 27.3 Å². The van der Waals surface area contributed by atoms with Crippen molar-refractivity contribution in [2.24, 2.45) is 5.73 Å². The smallest absolute Gasteiger partial charge is 0.235 e. The van der Waals surface area contributed by atoms with Gasteiger partial charge in [0.2, 0.25) is 5.91 Å². The third kappa shape index (κ3) is 4.29. The van der Waals surface area contributed by atoms with Gasteiger partial charge in [-0.1, -0.05) is 11.6 Å². The molecule has 0 aliphatic rings. The van der Waals surface area contributed by atoms with Crippen LogP contribution in [-0.4, -0.2) is 32.7 Å². The fourth-order valence-corrected chi connectivity index (χ4v) is 2.55. The van der Waals surface area contributed by atoms with E-state index in [0.717, 1.165) is 0 Å². The molecular formula is C11H15ClN2O3S. The van der Waals surface area contributed by atoms with E-state index in [-0.39, 0.29) is 17.5 Å². The number of carbonyl (C=O) groups excluding carboxylic acids is 1. The Bertz CT molecular complexity index is 514. The molecule has 3 N–H and O–H groups in total. The quantitative estimate of drug-likeness (QED) is 0.830. The van der Waals surface area contributed by atoms with Gasteiger partial charge in [0, 0.05) is 17.6 Å². The van der Waals surface area contributed by atoms with E-state index in [2.05, 4.69) is 5.32 Å². The van der Waals surface area contributed by atoms with Crippen molar-refractivity contribution in [3.05, 3.63) is 29.3 Å². The first-order valence-corrected chi connectivity index (χ1v) is 7.36. The Morgan fingerprint density at radius 3 is 2.44 bits per heavy atom.